The number of rotatable bonds is 10. The minimum atomic E-state index is -0.618. The molecule has 0 aliphatic rings. The standard InChI is InChI=1S/C18H18N2O8/c1-2-26-18(21)12-13-7-8-17(15(11-13)20(24)25)28-10-9-27-16-6-4-3-5-14(16)19(22)23/h3-8,11H,2,9-10,12H2,1H3. The first-order chi connectivity index (χ1) is 13.4. The summed E-state index contributed by atoms with van der Waals surface area (Å²) in [4.78, 5) is 32.5. The first-order valence-electron chi connectivity index (χ1n) is 8.34. The van der Waals surface area contributed by atoms with Crippen LogP contribution in [-0.2, 0) is 16.0 Å². The second kappa shape index (κ2) is 9.86. The van der Waals surface area contributed by atoms with E-state index in [4.69, 9.17) is 14.2 Å². The molecular weight excluding hydrogens is 372 g/mol. The zero-order valence-corrected chi connectivity index (χ0v) is 15.0. The van der Waals surface area contributed by atoms with E-state index in [0.29, 0.717) is 5.56 Å². The molecule has 0 bridgehead atoms. The summed E-state index contributed by atoms with van der Waals surface area (Å²) < 4.78 is 15.5. The average Bonchev–Trinajstić information content (AvgIpc) is 2.66. The molecule has 0 aromatic heterocycles. The predicted molar refractivity (Wildman–Crippen MR) is 97.5 cm³/mol. The molecule has 0 unspecified atom stereocenters. The Labute approximate surface area is 159 Å². The summed E-state index contributed by atoms with van der Waals surface area (Å²) in [6, 6.07) is 10.0. The fourth-order valence-electron chi connectivity index (χ4n) is 2.35. The van der Waals surface area contributed by atoms with Crippen LogP contribution in [-0.4, -0.2) is 35.6 Å². The van der Waals surface area contributed by atoms with Crippen molar-refractivity contribution in [3.05, 3.63) is 68.3 Å². The lowest BCUT2D eigenvalue weighted by molar-refractivity contribution is -0.386. The summed E-state index contributed by atoms with van der Waals surface area (Å²) in [5.41, 5.74) is -0.0575. The highest BCUT2D eigenvalue weighted by atomic mass is 16.6. The lowest BCUT2D eigenvalue weighted by Gasteiger charge is -2.10. The van der Waals surface area contributed by atoms with E-state index in [1.807, 2.05) is 0 Å². The maximum Gasteiger partial charge on any atom is 0.311 e. The Morgan fingerprint density at radius 3 is 2.14 bits per heavy atom. The van der Waals surface area contributed by atoms with Crippen LogP contribution in [0.5, 0.6) is 11.5 Å². The summed E-state index contributed by atoms with van der Waals surface area (Å²) in [5.74, 6) is -0.400. The fourth-order valence-corrected chi connectivity index (χ4v) is 2.35. The van der Waals surface area contributed by atoms with Crippen molar-refractivity contribution in [2.24, 2.45) is 0 Å². The number of hydrogen-bond donors (Lipinski definition) is 0. The quantitative estimate of drug-likeness (QED) is 0.262. The fraction of sp³-hybridized carbons (Fsp3) is 0.278. The van der Waals surface area contributed by atoms with Gasteiger partial charge in [-0.25, -0.2) is 0 Å². The molecule has 0 N–H and O–H groups in total. The summed E-state index contributed by atoms with van der Waals surface area (Å²) in [6.45, 7) is 1.78. The van der Waals surface area contributed by atoms with Gasteiger partial charge in [0.15, 0.2) is 11.5 Å². The Morgan fingerprint density at radius 2 is 1.54 bits per heavy atom. The average molecular weight is 390 g/mol. The molecule has 2 aromatic carbocycles. The summed E-state index contributed by atoms with van der Waals surface area (Å²) in [5, 5.41) is 22.2. The maximum atomic E-state index is 11.5. The molecular formula is C18H18N2O8. The van der Waals surface area contributed by atoms with Gasteiger partial charge in [-0.2, -0.15) is 0 Å². The highest BCUT2D eigenvalue weighted by Crippen LogP contribution is 2.29. The van der Waals surface area contributed by atoms with E-state index >= 15 is 0 Å². The predicted octanol–water partition coefficient (Wildman–Crippen LogP) is 3.07. The molecule has 10 heteroatoms. The Hall–Kier alpha value is -3.69. The van der Waals surface area contributed by atoms with Crippen LogP contribution in [0.15, 0.2) is 42.5 Å². The molecule has 28 heavy (non-hydrogen) atoms. The molecule has 10 nitrogen and oxygen atoms in total. The van der Waals surface area contributed by atoms with Crippen molar-refractivity contribution in [1.29, 1.82) is 0 Å². The molecule has 2 aromatic rings. The van der Waals surface area contributed by atoms with E-state index < -0.39 is 15.8 Å². The van der Waals surface area contributed by atoms with Crippen molar-refractivity contribution in [3.8, 4) is 11.5 Å². The largest absolute Gasteiger partial charge is 0.483 e. The molecule has 2 rings (SSSR count). The van der Waals surface area contributed by atoms with Gasteiger partial charge in [0.2, 0.25) is 0 Å². The number of nitro groups is 2. The lowest BCUT2D eigenvalue weighted by atomic mass is 10.1. The number of carbonyl (C=O) groups is 1. The molecule has 0 aliphatic heterocycles. The lowest BCUT2D eigenvalue weighted by Crippen LogP contribution is -2.11. The van der Waals surface area contributed by atoms with Crippen LogP contribution in [0, 0.1) is 20.2 Å². The van der Waals surface area contributed by atoms with E-state index in [9.17, 15) is 25.0 Å². The maximum absolute atomic E-state index is 11.5. The van der Waals surface area contributed by atoms with E-state index in [2.05, 4.69) is 0 Å². The minimum absolute atomic E-state index is 0.00349. The topological polar surface area (TPSA) is 131 Å². The van der Waals surface area contributed by atoms with Crippen molar-refractivity contribution in [2.45, 2.75) is 13.3 Å². The molecule has 0 aliphatic carbocycles. The van der Waals surface area contributed by atoms with E-state index in [0.717, 1.165) is 0 Å². The zero-order valence-electron chi connectivity index (χ0n) is 15.0. The third-order valence-corrected chi connectivity index (χ3v) is 3.53. The molecule has 0 spiro atoms. The monoisotopic (exact) mass is 390 g/mol. The number of ether oxygens (including phenoxy) is 3. The first-order valence-corrected chi connectivity index (χ1v) is 8.34. The van der Waals surface area contributed by atoms with Crippen LogP contribution in [0.3, 0.4) is 0 Å². The molecule has 0 heterocycles. The minimum Gasteiger partial charge on any atom is -0.483 e. The van der Waals surface area contributed by atoms with Gasteiger partial charge in [-0.1, -0.05) is 18.2 Å². The van der Waals surface area contributed by atoms with Gasteiger partial charge in [-0.05, 0) is 24.6 Å². The van der Waals surface area contributed by atoms with E-state index in [1.165, 1.54) is 36.4 Å². The second-order valence-corrected chi connectivity index (χ2v) is 5.46. The Bertz CT molecular complexity index is 868. The number of benzene rings is 2. The smallest absolute Gasteiger partial charge is 0.311 e. The van der Waals surface area contributed by atoms with Crippen molar-refractivity contribution < 1.29 is 28.9 Å². The zero-order chi connectivity index (χ0) is 20.5. The third kappa shape index (κ3) is 5.66. The molecule has 148 valence electrons. The van der Waals surface area contributed by atoms with Crippen molar-refractivity contribution in [3.63, 3.8) is 0 Å². The van der Waals surface area contributed by atoms with Crippen LogP contribution in [0.25, 0.3) is 0 Å². The highest BCUT2D eigenvalue weighted by molar-refractivity contribution is 5.73. The van der Waals surface area contributed by atoms with Crippen molar-refractivity contribution in [1.82, 2.24) is 0 Å². The highest BCUT2D eigenvalue weighted by Gasteiger charge is 2.18. The van der Waals surface area contributed by atoms with Crippen LogP contribution >= 0.6 is 0 Å². The Morgan fingerprint density at radius 1 is 0.929 bits per heavy atom. The van der Waals surface area contributed by atoms with Crippen LogP contribution in [0.4, 0.5) is 11.4 Å². The molecule has 0 atom stereocenters. The van der Waals surface area contributed by atoms with E-state index in [-0.39, 0.29) is 49.1 Å². The molecule has 0 radical (unpaired) electrons. The van der Waals surface area contributed by atoms with Crippen LogP contribution in [0.2, 0.25) is 0 Å². The summed E-state index contributed by atoms with van der Waals surface area (Å²) >= 11 is 0. The second-order valence-electron chi connectivity index (χ2n) is 5.46. The molecule has 0 amide bonds. The number of para-hydroxylation sites is 2. The number of nitrogens with zero attached hydrogens (tertiary/aromatic N) is 2. The van der Waals surface area contributed by atoms with Gasteiger partial charge in [0.05, 0.1) is 22.9 Å². The number of carbonyl (C=O) groups excluding carboxylic acids is 1. The van der Waals surface area contributed by atoms with Crippen LogP contribution < -0.4 is 9.47 Å². The molecule has 0 saturated heterocycles. The van der Waals surface area contributed by atoms with Crippen LogP contribution in [0.1, 0.15) is 12.5 Å². The third-order valence-electron chi connectivity index (χ3n) is 3.53. The Balaban J connectivity index is 1.99. The van der Waals surface area contributed by atoms with Gasteiger partial charge in [-0.3, -0.25) is 25.0 Å². The number of hydrogen-bond acceptors (Lipinski definition) is 8. The molecule has 0 fully saturated rings. The van der Waals surface area contributed by atoms with E-state index in [1.54, 1.807) is 13.0 Å². The normalized spacial score (nSPS) is 10.2. The molecule has 0 saturated carbocycles. The van der Waals surface area contributed by atoms with Gasteiger partial charge < -0.3 is 14.2 Å². The summed E-state index contributed by atoms with van der Waals surface area (Å²) in [6.07, 6.45) is -0.0876. The summed E-state index contributed by atoms with van der Waals surface area (Å²) in [7, 11) is 0. The SMILES string of the molecule is CCOC(=O)Cc1ccc(OCCOc2ccccc2[N+](=O)[O-])c([N+](=O)[O-])c1. The van der Waals surface area contributed by atoms with Gasteiger partial charge in [-0.15, -0.1) is 0 Å². The van der Waals surface area contributed by atoms with Crippen molar-refractivity contribution >= 4 is 17.3 Å². The van der Waals surface area contributed by atoms with Gasteiger partial charge in [0, 0.05) is 12.1 Å². The Kier molecular flexibility index (Phi) is 7.26. The van der Waals surface area contributed by atoms with Crippen molar-refractivity contribution in [2.75, 3.05) is 19.8 Å². The van der Waals surface area contributed by atoms with Gasteiger partial charge in [0.1, 0.15) is 13.2 Å². The number of nitro benzene ring substituents is 2. The first kappa shape index (κ1) is 20.6. The number of esters is 1. The van der Waals surface area contributed by atoms with Gasteiger partial charge >= 0.3 is 17.3 Å². The van der Waals surface area contributed by atoms with Gasteiger partial charge in [0.25, 0.3) is 0 Å².